The van der Waals surface area contributed by atoms with Crippen LogP contribution in [0.1, 0.15) is 50.1 Å². The van der Waals surface area contributed by atoms with Gasteiger partial charge in [0.1, 0.15) is 0 Å². The van der Waals surface area contributed by atoms with Gasteiger partial charge in [-0.2, -0.15) is 0 Å². The van der Waals surface area contributed by atoms with Crippen LogP contribution >= 0.6 is 0 Å². The first-order valence-electron chi connectivity index (χ1n) is 11.5. The maximum absolute atomic E-state index is 13.8. The Labute approximate surface area is 199 Å². The molecule has 0 spiro atoms. The fourth-order valence-electron chi connectivity index (χ4n) is 5.14. The number of rotatable bonds is 5. The Balaban J connectivity index is 1.60. The number of methoxy groups -OCH3 is 2. The maximum Gasteiger partial charge on any atom is 0.254 e. The minimum atomic E-state index is -0.570. The number of carbonyl (C=O) groups excluding carboxylic acids is 2. The smallest absolute Gasteiger partial charge is 0.254 e. The van der Waals surface area contributed by atoms with E-state index in [9.17, 15) is 9.59 Å². The Kier molecular flexibility index (Phi) is 5.74. The second-order valence-corrected chi connectivity index (χ2v) is 8.87. The van der Waals surface area contributed by atoms with Gasteiger partial charge in [0.15, 0.2) is 11.5 Å². The van der Waals surface area contributed by atoms with E-state index in [1.54, 1.807) is 26.4 Å². The summed E-state index contributed by atoms with van der Waals surface area (Å²) in [5, 5.41) is 3.12. The highest BCUT2D eigenvalue weighted by molar-refractivity contribution is 6.02. The van der Waals surface area contributed by atoms with Gasteiger partial charge < -0.3 is 19.7 Å². The molecule has 2 amide bonds. The van der Waals surface area contributed by atoms with Crippen molar-refractivity contribution in [3.8, 4) is 11.5 Å². The number of nitrogens with zero attached hydrogens (tertiary/aromatic N) is 1. The molecule has 0 saturated heterocycles. The number of nitrogens with one attached hydrogen (secondary N) is 1. The number of hydrogen-bond acceptors (Lipinski definition) is 4. The molecule has 1 N–H and O–H groups in total. The lowest BCUT2D eigenvalue weighted by Crippen LogP contribution is -2.50. The summed E-state index contributed by atoms with van der Waals surface area (Å²) in [6.07, 6.45) is 0.763. The van der Waals surface area contributed by atoms with Gasteiger partial charge >= 0.3 is 0 Å². The second kappa shape index (κ2) is 8.86. The molecule has 2 heterocycles. The van der Waals surface area contributed by atoms with Crippen molar-refractivity contribution in [2.45, 2.75) is 31.8 Å². The highest BCUT2D eigenvalue weighted by atomic mass is 16.5. The van der Waals surface area contributed by atoms with Crippen LogP contribution < -0.4 is 14.8 Å². The molecule has 0 aliphatic carbocycles. The molecule has 6 heteroatoms. The molecule has 0 fully saturated rings. The zero-order chi connectivity index (χ0) is 23.8. The third kappa shape index (κ3) is 3.69. The zero-order valence-corrected chi connectivity index (χ0v) is 19.6. The Bertz CT molecular complexity index is 1250. The average molecular weight is 457 g/mol. The molecule has 0 unspecified atom stereocenters. The van der Waals surface area contributed by atoms with Crippen molar-refractivity contribution in [1.29, 1.82) is 0 Å². The molecule has 2 atom stereocenters. The lowest BCUT2D eigenvalue weighted by molar-refractivity contribution is -0.124. The first kappa shape index (κ1) is 22.0. The normalized spacial score (nSPS) is 18.4. The summed E-state index contributed by atoms with van der Waals surface area (Å²) < 4.78 is 11.0. The molecule has 0 aromatic heterocycles. The van der Waals surface area contributed by atoms with Gasteiger partial charge in [0.25, 0.3) is 5.91 Å². The van der Waals surface area contributed by atoms with Crippen LogP contribution in [0.3, 0.4) is 0 Å². The number of amides is 2. The molecular weight excluding hydrogens is 428 g/mol. The van der Waals surface area contributed by atoms with E-state index in [0.717, 1.165) is 17.5 Å². The molecule has 2 aliphatic heterocycles. The molecule has 5 rings (SSSR count). The molecule has 174 valence electrons. The lowest BCUT2D eigenvalue weighted by atomic mass is 9.75. The third-order valence-electron chi connectivity index (χ3n) is 6.90. The van der Waals surface area contributed by atoms with Gasteiger partial charge in [-0.1, -0.05) is 54.1 Å². The van der Waals surface area contributed by atoms with E-state index in [0.29, 0.717) is 35.7 Å². The maximum atomic E-state index is 13.8. The van der Waals surface area contributed by atoms with Crippen molar-refractivity contribution in [1.82, 2.24) is 10.2 Å². The summed E-state index contributed by atoms with van der Waals surface area (Å²) in [4.78, 5) is 29.3. The van der Waals surface area contributed by atoms with Crippen molar-refractivity contribution in [3.05, 3.63) is 94.0 Å². The zero-order valence-electron chi connectivity index (χ0n) is 19.6. The molecule has 3 aromatic carbocycles. The van der Waals surface area contributed by atoms with Crippen LogP contribution in [-0.4, -0.2) is 37.5 Å². The highest BCUT2D eigenvalue weighted by Gasteiger charge is 2.46. The molecule has 2 aliphatic rings. The van der Waals surface area contributed by atoms with E-state index in [-0.39, 0.29) is 17.9 Å². The van der Waals surface area contributed by atoms with Crippen molar-refractivity contribution < 1.29 is 19.1 Å². The fourth-order valence-corrected chi connectivity index (χ4v) is 5.14. The molecule has 6 nitrogen and oxygen atoms in total. The van der Waals surface area contributed by atoms with E-state index in [2.05, 4.69) is 11.4 Å². The predicted molar refractivity (Wildman–Crippen MR) is 129 cm³/mol. The van der Waals surface area contributed by atoms with Crippen LogP contribution in [-0.2, 0) is 17.8 Å². The van der Waals surface area contributed by atoms with E-state index >= 15 is 0 Å². The quantitative estimate of drug-likeness (QED) is 0.626. The van der Waals surface area contributed by atoms with Crippen LogP contribution in [0, 0.1) is 6.92 Å². The highest BCUT2D eigenvalue weighted by Crippen LogP contribution is 2.48. The molecule has 0 bridgehead atoms. The topological polar surface area (TPSA) is 67.9 Å². The third-order valence-corrected chi connectivity index (χ3v) is 6.90. The fraction of sp³-hybridized carbons (Fsp3) is 0.286. The van der Waals surface area contributed by atoms with Crippen molar-refractivity contribution in [2.24, 2.45) is 0 Å². The number of carbonyl (C=O) groups is 2. The standard InChI is InChI=1S/C28H28N2O4/c1-17-8-10-18(11-9-17)16-29-27(31)25-21-14-23(33-2)24(34-3)15-22(21)28(32)30-13-12-19-6-4-5-7-20(19)26(25)30/h4-11,14-15,25-26H,12-13,16H2,1-3H3,(H,29,31)/t25-,26+/m0/s1. The molecule has 34 heavy (non-hydrogen) atoms. The first-order chi connectivity index (χ1) is 16.5. The van der Waals surface area contributed by atoms with Gasteiger partial charge in [0, 0.05) is 18.7 Å². The van der Waals surface area contributed by atoms with Gasteiger partial charge in [0.2, 0.25) is 5.91 Å². The number of aryl methyl sites for hydroxylation is 1. The Morgan fingerprint density at radius 2 is 1.71 bits per heavy atom. The van der Waals surface area contributed by atoms with E-state index in [4.69, 9.17) is 9.47 Å². The molecule has 0 radical (unpaired) electrons. The average Bonchev–Trinajstić information content (AvgIpc) is 2.87. The summed E-state index contributed by atoms with van der Waals surface area (Å²) in [7, 11) is 3.10. The van der Waals surface area contributed by atoms with Gasteiger partial charge in [-0.05, 0) is 47.7 Å². The predicted octanol–water partition coefficient (Wildman–Crippen LogP) is 4.17. The number of ether oxygens (including phenoxy) is 2. The lowest BCUT2D eigenvalue weighted by Gasteiger charge is -2.45. The minimum Gasteiger partial charge on any atom is -0.493 e. The molecule has 0 saturated carbocycles. The largest absolute Gasteiger partial charge is 0.493 e. The minimum absolute atomic E-state index is 0.0851. The number of hydrogen-bond donors (Lipinski definition) is 1. The Morgan fingerprint density at radius 3 is 2.44 bits per heavy atom. The molecular formula is C28H28N2O4. The van der Waals surface area contributed by atoms with E-state index in [1.807, 2.05) is 54.3 Å². The summed E-state index contributed by atoms with van der Waals surface area (Å²) in [6, 6.07) is 19.3. The summed E-state index contributed by atoms with van der Waals surface area (Å²) in [5.41, 5.74) is 5.56. The van der Waals surface area contributed by atoms with Gasteiger partial charge in [0.05, 0.1) is 26.2 Å². The van der Waals surface area contributed by atoms with Crippen LogP contribution in [0.4, 0.5) is 0 Å². The van der Waals surface area contributed by atoms with E-state index in [1.165, 1.54) is 11.1 Å². The van der Waals surface area contributed by atoms with Crippen molar-refractivity contribution in [2.75, 3.05) is 20.8 Å². The second-order valence-electron chi connectivity index (χ2n) is 8.87. The first-order valence-corrected chi connectivity index (χ1v) is 11.5. The van der Waals surface area contributed by atoms with Crippen LogP contribution in [0.2, 0.25) is 0 Å². The number of benzene rings is 3. The summed E-state index contributed by atoms with van der Waals surface area (Å²) >= 11 is 0. The Morgan fingerprint density at radius 1 is 1.00 bits per heavy atom. The van der Waals surface area contributed by atoms with Gasteiger partial charge in [-0.15, -0.1) is 0 Å². The van der Waals surface area contributed by atoms with Gasteiger partial charge in [-0.25, -0.2) is 0 Å². The van der Waals surface area contributed by atoms with Crippen LogP contribution in [0.25, 0.3) is 0 Å². The van der Waals surface area contributed by atoms with Crippen molar-refractivity contribution >= 4 is 11.8 Å². The van der Waals surface area contributed by atoms with Crippen LogP contribution in [0.15, 0.2) is 60.7 Å². The summed E-state index contributed by atoms with van der Waals surface area (Å²) in [5.74, 6) is 0.206. The van der Waals surface area contributed by atoms with Crippen molar-refractivity contribution in [3.63, 3.8) is 0 Å². The molecule has 3 aromatic rings. The van der Waals surface area contributed by atoms with E-state index < -0.39 is 5.92 Å². The SMILES string of the molecule is COc1cc2c(cc1OC)[C@H](C(=O)NCc1ccc(C)cc1)[C@H]1c3ccccc3CCN1C2=O. The monoisotopic (exact) mass is 456 g/mol. The van der Waals surface area contributed by atoms with Crippen LogP contribution in [0.5, 0.6) is 11.5 Å². The summed E-state index contributed by atoms with van der Waals surface area (Å²) in [6.45, 7) is 3.02. The Hall–Kier alpha value is -3.80. The van der Waals surface area contributed by atoms with Gasteiger partial charge in [-0.3, -0.25) is 9.59 Å². The number of fused-ring (bicyclic) bond motifs is 4.